The second-order valence-corrected chi connectivity index (χ2v) is 11.8. The first-order valence-electron chi connectivity index (χ1n) is 14.4. The number of carbonyl (C=O) groups is 1. The molecule has 0 saturated carbocycles. The van der Waals surface area contributed by atoms with E-state index in [0.29, 0.717) is 54.3 Å². The van der Waals surface area contributed by atoms with E-state index in [2.05, 4.69) is 5.92 Å². The van der Waals surface area contributed by atoms with E-state index in [4.69, 9.17) is 49.1 Å². The van der Waals surface area contributed by atoms with Gasteiger partial charge in [0, 0.05) is 37.2 Å². The Morgan fingerprint density at radius 3 is 2.57 bits per heavy atom. The summed E-state index contributed by atoms with van der Waals surface area (Å²) in [5.74, 6) is 1.27. The van der Waals surface area contributed by atoms with Gasteiger partial charge in [-0.15, -0.1) is 6.42 Å². The van der Waals surface area contributed by atoms with E-state index in [0.717, 1.165) is 34.9 Å². The van der Waals surface area contributed by atoms with Crippen molar-refractivity contribution in [3.8, 4) is 29.6 Å². The van der Waals surface area contributed by atoms with Crippen molar-refractivity contribution < 1.29 is 47.4 Å². The molecule has 4 aliphatic heterocycles. The second kappa shape index (κ2) is 9.81. The van der Waals surface area contributed by atoms with E-state index >= 15 is 0 Å². The predicted octanol–water partition coefficient (Wildman–Crippen LogP) is 4.01. The lowest BCUT2D eigenvalue weighted by Crippen LogP contribution is -2.71. The largest absolute Gasteiger partial charge is 0.496 e. The summed E-state index contributed by atoms with van der Waals surface area (Å²) >= 11 is 0. The van der Waals surface area contributed by atoms with E-state index in [9.17, 15) is 4.79 Å². The van der Waals surface area contributed by atoms with Crippen molar-refractivity contribution in [3.05, 3.63) is 28.3 Å². The Morgan fingerprint density at radius 2 is 1.88 bits per heavy atom. The molecule has 0 N–H and O–H groups in total. The standard InChI is InChI=1S/C32H36O10/c1-7-12-37-25-22-18(10-8-11-20(22)33)24(35-5)19-15-17(2)21-26(23(19)25)40-31(36-6)28-27(21)41-32(42-28,30(31,3)16-34-4)29-38-13-9-14-39-29/h1,15,27-29H,8-14,16H2,2-6H3/t27?,28?,30-,31-,32?/m1/s1. The summed E-state index contributed by atoms with van der Waals surface area (Å²) in [6.07, 6.45) is 6.13. The number of Topliss-reactive ketones (excluding diaryl/α,β-unsaturated/α-hetero) is 1. The maximum Gasteiger partial charge on any atom is 0.252 e. The van der Waals surface area contributed by atoms with Crippen molar-refractivity contribution in [3.63, 3.8) is 0 Å². The van der Waals surface area contributed by atoms with Crippen LogP contribution in [0.3, 0.4) is 0 Å². The van der Waals surface area contributed by atoms with E-state index in [1.54, 1.807) is 21.3 Å². The van der Waals surface area contributed by atoms with Gasteiger partial charge in [-0.25, -0.2) is 0 Å². The van der Waals surface area contributed by atoms with Crippen LogP contribution in [-0.2, 0) is 34.8 Å². The molecule has 10 nitrogen and oxygen atoms in total. The number of aryl methyl sites for hydroxylation is 1. The normalized spacial score (nSPS) is 33.2. The van der Waals surface area contributed by atoms with Gasteiger partial charge in [0.15, 0.2) is 11.9 Å². The number of hydrogen-bond donors (Lipinski definition) is 0. The minimum atomic E-state index is -1.37. The Labute approximate surface area is 244 Å². The summed E-state index contributed by atoms with van der Waals surface area (Å²) in [7, 11) is 4.82. The first-order chi connectivity index (χ1) is 20.3. The monoisotopic (exact) mass is 580 g/mol. The Kier molecular flexibility index (Phi) is 6.51. The molecule has 0 spiro atoms. The topological polar surface area (TPSA) is 100 Å². The van der Waals surface area contributed by atoms with Gasteiger partial charge in [0.05, 0.1) is 37.9 Å². The molecule has 5 aliphatic rings. The molecular formula is C32H36O10. The van der Waals surface area contributed by atoms with Gasteiger partial charge in [0.2, 0.25) is 12.1 Å². The highest BCUT2D eigenvalue weighted by atomic mass is 16.9. The number of rotatable bonds is 7. The van der Waals surface area contributed by atoms with Crippen molar-refractivity contribution in [2.75, 3.05) is 47.8 Å². The van der Waals surface area contributed by atoms with Crippen molar-refractivity contribution >= 4 is 16.6 Å². The third kappa shape index (κ3) is 3.29. The Balaban J connectivity index is 1.54. The molecule has 7 rings (SSSR count). The van der Waals surface area contributed by atoms with Gasteiger partial charge in [-0.2, -0.15) is 0 Å². The first-order valence-corrected chi connectivity index (χ1v) is 14.4. The van der Waals surface area contributed by atoms with Gasteiger partial charge in [0.25, 0.3) is 5.79 Å². The molecule has 4 heterocycles. The fourth-order valence-corrected chi connectivity index (χ4v) is 7.89. The number of hydrogen-bond acceptors (Lipinski definition) is 10. The van der Waals surface area contributed by atoms with Crippen molar-refractivity contribution in [1.82, 2.24) is 0 Å². The zero-order chi connectivity index (χ0) is 29.4. The van der Waals surface area contributed by atoms with E-state index in [-0.39, 0.29) is 19.0 Å². The lowest BCUT2D eigenvalue weighted by Gasteiger charge is -2.56. The van der Waals surface area contributed by atoms with Gasteiger partial charge in [-0.1, -0.05) is 5.92 Å². The van der Waals surface area contributed by atoms with Crippen molar-refractivity contribution in [2.24, 2.45) is 5.41 Å². The summed E-state index contributed by atoms with van der Waals surface area (Å²) in [6, 6.07) is 2.03. The number of benzene rings is 2. The molecule has 2 bridgehead atoms. The van der Waals surface area contributed by atoms with Gasteiger partial charge >= 0.3 is 0 Å². The minimum absolute atomic E-state index is 0.0214. The Hall–Kier alpha value is -2.91. The quantitative estimate of drug-likeness (QED) is 0.447. The average Bonchev–Trinajstić information content (AvgIpc) is 3.50. The number of terminal acetylenes is 1. The molecule has 3 unspecified atom stereocenters. The highest BCUT2D eigenvalue weighted by Gasteiger charge is 2.85. The van der Waals surface area contributed by atoms with E-state index in [1.807, 2.05) is 19.9 Å². The summed E-state index contributed by atoms with van der Waals surface area (Å²) < 4.78 is 57.3. The third-order valence-electron chi connectivity index (χ3n) is 9.62. The summed E-state index contributed by atoms with van der Waals surface area (Å²) in [5.41, 5.74) is 1.93. The fraction of sp³-hybridized carbons (Fsp3) is 0.594. The SMILES string of the molecule is C#CCOc1c2c(c(OC)c3cc(C)c4c(c13)O[C@]1(OC)C3OC(C5OCCCO5)(OC43)[C@]1(C)COC)CCCC2=O. The lowest BCUT2D eigenvalue weighted by molar-refractivity contribution is -0.395. The molecule has 0 radical (unpaired) electrons. The Bertz CT molecular complexity index is 1510. The molecule has 1 aliphatic carbocycles. The highest BCUT2D eigenvalue weighted by molar-refractivity contribution is 6.12. The van der Waals surface area contributed by atoms with Gasteiger partial charge in [-0.05, 0) is 44.7 Å². The van der Waals surface area contributed by atoms with Crippen LogP contribution in [-0.4, -0.2) is 77.5 Å². The van der Waals surface area contributed by atoms with Gasteiger partial charge in [0.1, 0.15) is 35.4 Å². The molecule has 10 heteroatoms. The van der Waals surface area contributed by atoms with Crippen LogP contribution >= 0.6 is 0 Å². The molecule has 3 saturated heterocycles. The summed E-state index contributed by atoms with van der Waals surface area (Å²) in [5, 5.41) is 1.35. The predicted molar refractivity (Wildman–Crippen MR) is 149 cm³/mol. The summed E-state index contributed by atoms with van der Waals surface area (Å²) in [4.78, 5) is 13.5. The van der Waals surface area contributed by atoms with Crippen LogP contribution in [0.15, 0.2) is 6.07 Å². The van der Waals surface area contributed by atoms with Crippen LogP contribution in [0.25, 0.3) is 10.8 Å². The van der Waals surface area contributed by atoms with E-state index < -0.39 is 35.5 Å². The highest BCUT2D eigenvalue weighted by Crippen LogP contribution is 2.71. The molecule has 2 aromatic carbocycles. The first kappa shape index (κ1) is 27.9. The molecule has 0 amide bonds. The molecular weight excluding hydrogens is 544 g/mol. The maximum atomic E-state index is 13.5. The average molecular weight is 581 g/mol. The van der Waals surface area contributed by atoms with E-state index in [1.165, 1.54) is 0 Å². The van der Waals surface area contributed by atoms with Crippen LogP contribution in [0.2, 0.25) is 0 Å². The summed E-state index contributed by atoms with van der Waals surface area (Å²) in [6.45, 7) is 5.09. The molecule has 0 aromatic heterocycles. The maximum absolute atomic E-state index is 13.5. The smallest absolute Gasteiger partial charge is 0.252 e. The van der Waals surface area contributed by atoms with Crippen LogP contribution in [0, 0.1) is 24.7 Å². The molecule has 42 heavy (non-hydrogen) atoms. The van der Waals surface area contributed by atoms with Crippen molar-refractivity contribution in [1.29, 1.82) is 0 Å². The lowest BCUT2D eigenvalue weighted by atomic mass is 9.68. The molecule has 5 atom stereocenters. The fourth-order valence-electron chi connectivity index (χ4n) is 7.89. The van der Waals surface area contributed by atoms with Crippen LogP contribution in [0.5, 0.6) is 17.2 Å². The number of ketones is 1. The molecule has 224 valence electrons. The van der Waals surface area contributed by atoms with Crippen LogP contribution in [0.1, 0.15) is 59.3 Å². The number of ether oxygens (including phenoxy) is 9. The second-order valence-electron chi connectivity index (χ2n) is 11.8. The third-order valence-corrected chi connectivity index (χ3v) is 9.62. The van der Waals surface area contributed by atoms with Crippen LogP contribution in [0.4, 0.5) is 0 Å². The Morgan fingerprint density at radius 1 is 1.10 bits per heavy atom. The molecule has 3 fully saturated rings. The minimum Gasteiger partial charge on any atom is -0.496 e. The zero-order valence-corrected chi connectivity index (χ0v) is 24.6. The van der Waals surface area contributed by atoms with Gasteiger partial charge < -0.3 is 42.6 Å². The number of methoxy groups -OCH3 is 3. The van der Waals surface area contributed by atoms with Crippen molar-refractivity contribution in [2.45, 2.75) is 69.6 Å². The molecule has 2 aromatic rings. The van der Waals surface area contributed by atoms with Gasteiger partial charge in [-0.3, -0.25) is 4.79 Å². The number of carbonyl (C=O) groups excluding carboxylic acids is 1. The van der Waals surface area contributed by atoms with Crippen LogP contribution < -0.4 is 14.2 Å². The number of fused-ring (bicyclic) bond motifs is 6. The zero-order valence-electron chi connectivity index (χ0n) is 24.6.